The zero-order chi connectivity index (χ0) is 11.7. The van der Waals surface area contributed by atoms with Crippen LogP contribution in [0.2, 0.25) is 0 Å². The average Bonchev–Trinajstić information content (AvgIpc) is 2.81. The van der Waals surface area contributed by atoms with Crippen LogP contribution in [0.3, 0.4) is 0 Å². The Morgan fingerprint density at radius 1 is 1.40 bits per heavy atom. The largest absolute Gasteiger partial charge is 0.204 e. The summed E-state index contributed by atoms with van der Waals surface area (Å²) < 4.78 is 0. The minimum atomic E-state index is 0.566. The lowest BCUT2D eigenvalue weighted by molar-refractivity contribution is 0.881. The van der Waals surface area contributed by atoms with Crippen LogP contribution in [0.15, 0.2) is 30.4 Å². The minimum Gasteiger partial charge on any atom is -0.177 e. The fraction of sp³-hybridized carbons (Fsp3) is 0.364. The number of nitrogens with one attached hydrogen (secondary N) is 1. The van der Waals surface area contributed by atoms with Crippen molar-refractivity contribution in [3.05, 3.63) is 36.2 Å². The Labute approximate surface area is 90.8 Å². The summed E-state index contributed by atoms with van der Waals surface area (Å²) in [5.74, 6) is 0.566. The Kier molecular flexibility index (Phi) is 6.80. The number of H-pyrrole nitrogens is 1. The zero-order valence-corrected chi connectivity index (χ0v) is 9.78. The van der Waals surface area contributed by atoms with Crippen molar-refractivity contribution in [1.29, 1.82) is 0 Å². The van der Waals surface area contributed by atoms with Gasteiger partial charge in [0.15, 0.2) is 0 Å². The third kappa shape index (κ3) is 4.35. The summed E-state index contributed by atoms with van der Waals surface area (Å²) in [5, 5.41) is 13.6. The van der Waals surface area contributed by atoms with E-state index in [4.69, 9.17) is 0 Å². The molecule has 1 N–H and O–H groups in total. The van der Waals surface area contributed by atoms with E-state index in [1.807, 2.05) is 39.8 Å². The highest BCUT2D eigenvalue weighted by atomic mass is 15.5. The Balaban J connectivity index is 0.000000921. The lowest BCUT2D eigenvalue weighted by Crippen LogP contribution is -1.85. The summed E-state index contributed by atoms with van der Waals surface area (Å²) in [7, 11) is 0. The maximum Gasteiger partial charge on any atom is 0.204 e. The first-order valence-electron chi connectivity index (χ1n) is 4.98. The molecule has 15 heavy (non-hydrogen) atoms. The molecule has 0 aliphatic heterocycles. The summed E-state index contributed by atoms with van der Waals surface area (Å²) in [6.45, 7) is 11.7. The van der Waals surface area contributed by atoms with Crippen LogP contribution < -0.4 is 0 Å². The van der Waals surface area contributed by atoms with Crippen LogP contribution >= 0.6 is 0 Å². The van der Waals surface area contributed by atoms with Crippen LogP contribution in [0.25, 0.3) is 5.57 Å². The first-order chi connectivity index (χ1) is 7.27. The van der Waals surface area contributed by atoms with E-state index in [0.717, 1.165) is 11.1 Å². The van der Waals surface area contributed by atoms with E-state index in [2.05, 4.69) is 27.2 Å². The molecule has 1 aromatic heterocycles. The molecule has 0 spiro atoms. The summed E-state index contributed by atoms with van der Waals surface area (Å²) in [5.41, 5.74) is 2.00. The van der Waals surface area contributed by atoms with E-state index in [1.165, 1.54) is 0 Å². The molecule has 0 aliphatic rings. The van der Waals surface area contributed by atoms with Gasteiger partial charge in [-0.1, -0.05) is 38.2 Å². The third-order valence-corrected chi connectivity index (χ3v) is 1.66. The maximum absolute atomic E-state index is 3.86. The van der Waals surface area contributed by atoms with Gasteiger partial charge in [0.1, 0.15) is 0 Å². The molecule has 0 atom stereocenters. The SMILES string of the molecule is C=C/C(=C\C(C)=C/C)c1nn[nH]n1.CC. The monoisotopic (exact) mass is 206 g/mol. The predicted molar refractivity (Wildman–Crippen MR) is 63.1 cm³/mol. The first kappa shape index (κ1) is 13.3. The van der Waals surface area contributed by atoms with E-state index in [9.17, 15) is 0 Å². The highest BCUT2D eigenvalue weighted by molar-refractivity contribution is 5.70. The highest BCUT2D eigenvalue weighted by Crippen LogP contribution is 2.11. The summed E-state index contributed by atoms with van der Waals surface area (Å²) in [6.07, 6.45) is 5.67. The smallest absolute Gasteiger partial charge is 0.177 e. The molecule has 4 heteroatoms. The molecule has 1 heterocycles. The van der Waals surface area contributed by atoms with Gasteiger partial charge in [0.2, 0.25) is 5.82 Å². The quantitative estimate of drug-likeness (QED) is 0.774. The number of hydrogen-bond donors (Lipinski definition) is 1. The van der Waals surface area contributed by atoms with Crippen molar-refractivity contribution in [1.82, 2.24) is 20.6 Å². The summed E-state index contributed by atoms with van der Waals surface area (Å²) in [4.78, 5) is 0. The highest BCUT2D eigenvalue weighted by Gasteiger charge is 2.01. The molecule has 0 aliphatic carbocycles. The summed E-state index contributed by atoms with van der Waals surface area (Å²) >= 11 is 0. The van der Waals surface area contributed by atoms with Gasteiger partial charge in [0.05, 0.1) is 0 Å². The van der Waals surface area contributed by atoms with Crippen molar-refractivity contribution in [2.45, 2.75) is 27.7 Å². The van der Waals surface area contributed by atoms with E-state index < -0.39 is 0 Å². The van der Waals surface area contributed by atoms with E-state index in [-0.39, 0.29) is 0 Å². The number of nitrogens with zero attached hydrogens (tertiary/aromatic N) is 3. The molecule has 0 fully saturated rings. The lowest BCUT2D eigenvalue weighted by Gasteiger charge is -1.94. The second-order valence-corrected chi connectivity index (χ2v) is 2.57. The molecule has 82 valence electrons. The van der Waals surface area contributed by atoms with Gasteiger partial charge >= 0.3 is 0 Å². The Bertz CT molecular complexity index is 333. The topological polar surface area (TPSA) is 54.5 Å². The van der Waals surface area contributed by atoms with E-state index in [1.54, 1.807) is 6.08 Å². The second-order valence-electron chi connectivity index (χ2n) is 2.57. The standard InChI is InChI=1S/C9H12N4.C2H6/c1-4-7(3)6-8(5-2)9-10-12-13-11-9;1-2/h4-6H,2H2,1,3H3,(H,10,11,12,13);1-2H3/b7-4-,8-6+;. The number of aromatic nitrogens is 4. The normalized spacial score (nSPS) is 11.7. The molecule has 0 unspecified atom stereocenters. The van der Waals surface area contributed by atoms with Crippen LogP contribution in [0, 0.1) is 0 Å². The molecule has 0 aromatic carbocycles. The van der Waals surface area contributed by atoms with Crippen LogP contribution in [0.5, 0.6) is 0 Å². The second kappa shape index (κ2) is 7.67. The van der Waals surface area contributed by atoms with Gasteiger partial charge in [-0.25, -0.2) is 0 Å². The fourth-order valence-corrected chi connectivity index (χ4v) is 0.827. The van der Waals surface area contributed by atoms with E-state index in [0.29, 0.717) is 5.82 Å². The maximum atomic E-state index is 3.86. The van der Waals surface area contributed by atoms with Crippen molar-refractivity contribution < 1.29 is 0 Å². The van der Waals surface area contributed by atoms with Gasteiger partial charge in [-0.3, -0.25) is 0 Å². The van der Waals surface area contributed by atoms with Crippen molar-refractivity contribution >= 4 is 5.57 Å². The van der Waals surface area contributed by atoms with E-state index >= 15 is 0 Å². The Hall–Kier alpha value is -1.71. The van der Waals surface area contributed by atoms with Gasteiger partial charge in [0.25, 0.3) is 0 Å². The van der Waals surface area contributed by atoms with Crippen molar-refractivity contribution in [3.63, 3.8) is 0 Å². The molecule has 0 saturated carbocycles. The molecule has 0 bridgehead atoms. The van der Waals surface area contributed by atoms with Crippen molar-refractivity contribution in [2.75, 3.05) is 0 Å². The number of hydrogen-bond acceptors (Lipinski definition) is 3. The molecule has 0 radical (unpaired) electrons. The molecular weight excluding hydrogens is 188 g/mol. The predicted octanol–water partition coefficient (Wildman–Crippen LogP) is 2.76. The molecule has 1 rings (SSSR count). The van der Waals surface area contributed by atoms with Gasteiger partial charge in [-0.05, 0) is 25.1 Å². The van der Waals surface area contributed by atoms with Crippen molar-refractivity contribution in [3.8, 4) is 0 Å². The zero-order valence-electron chi connectivity index (χ0n) is 9.78. The Morgan fingerprint density at radius 3 is 2.47 bits per heavy atom. The molecule has 0 amide bonds. The van der Waals surface area contributed by atoms with Gasteiger partial charge in [-0.2, -0.15) is 5.21 Å². The van der Waals surface area contributed by atoms with Gasteiger partial charge in [-0.15, -0.1) is 10.2 Å². The molecular formula is C11H18N4. The molecule has 4 nitrogen and oxygen atoms in total. The van der Waals surface area contributed by atoms with Crippen LogP contribution in [-0.2, 0) is 0 Å². The number of tetrazole rings is 1. The summed E-state index contributed by atoms with van der Waals surface area (Å²) in [6, 6.07) is 0. The first-order valence-corrected chi connectivity index (χ1v) is 4.98. The lowest BCUT2D eigenvalue weighted by atomic mass is 10.1. The number of aromatic amines is 1. The van der Waals surface area contributed by atoms with Gasteiger partial charge in [0, 0.05) is 5.57 Å². The number of allylic oxidation sites excluding steroid dienone is 5. The van der Waals surface area contributed by atoms with Crippen molar-refractivity contribution in [2.24, 2.45) is 0 Å². The molecule has 1 aromatic rings. The minimum absolute atomic E-state index is 0.566. The third-order valence-electron chi connectivity index (χ3n) is 1.66. The van der Waals surface area contributed by atoms with Crippen LogP contribution in [-0.4, -0.2) is 20.6 Å². The number of rotatable bonds is 3. The van der Waals surface area contributed by atoms with Crippen LogP contribution in [0.4, 0.5) is 0 Å². The molecule has 0 saturated heterocycles. The fourth-order valence-electron chi connectivity index (χ4n) is 0.827. The van der Waals surface area contributed by atoms with Crippen LogP contribution in [0.1, 0.15) is 33.5 Å². The van der Waals surface area contributed by atoms with Gasteiger partial charge < -0.3 is 0 Å². The Morgan fingerprint density at radius 2 is 2.07 bits per heavy atom. The average molecular weight is 206 g/mol.